The molecule has 0 aliphatic carbocycles. The number of amides is 1. The first-order chi connectivity index (χ1) is 12.1. The molecule has 3 aromatic rings. The van der Waals surface area contributed by atoms with Gasteiger partial charge in [0.25, 0.3) is 11.6 Å². The molecule has 2 aromatic carbocycles. The number of nitro benzene ring substituents is 1. The van der Waals surface area contributed by atoms with E-state index in [1.54, 1.807) is 13.0 Å². The van der Waals surface area contributed by atoms with Gasteiger partial charge in [0.1, 0.15) is 0 Å². The van der Waals surface area contributed by atoms with Gasteiger partial charge in [0, 0.05) is 42.0 Å². The summed E-state index contributed by atoms with van der Waals surface area (Å²) in [5.41, 5.74) is 2.13. The summed E-state index contributed by atoms with van der Waals surface area (Å²) in [4.78, 5) is 22.5. The molecule has 1 amide bonds. The normalized spacial score (nSPS) is 10.8. The van der Waals surface area contributed by atoms with Crippen molar-refractivity contribution in [1.82, 2.24) is 9.88 Å². The van der Waals surface area contributed by atoms with E-state index in [0.29, 0.717) is 17.7 Å². The van der Waals surface area contributed by atoms with Crippen molar-refractivity contribution in [2.75, 3.05) is 6.54 Å². The molecule has 6 nitrogen and oxygen atoms in total. The third-order valence-electron chi connectivity index (χ3n) is 4.20. The van der Waals surface area contributed by atoms with Crippen molar-refractivity contribution in [2.24, 2.45) is 0 Å². The number of fused-ring (bicyclic) bond motifs is 1. The number of rotatable bonds is 6. The first-order valence-electron chi connectivity index (χ1n) is 8.13. The Hall–Kier alpha value is -3.15. The van der Waals surface area contributed by atoms with Crippen LogP contribution in [0.2, 0.25) is 0 Å². The van der Waals surface area contributed by atoms with Crippen molar-refractivity contribution >= 4 is 22.5 Å². The maximum Gasteiger partial charge on any atom is 0.272 e. The van der Waals surface area contributed by atoms with E-state index in [2.05, 4.69) is 28.1 Å². The van der Waals surface area contributed by atoms with Gasteiger partial charge in [-0.05, 0) is 43.0 Å². The topological polar surface area (TPSA) is 77.2 Å². The van der Waals surface area contributed by atoms with Crippen LogP contribution in [0.15, 0.2) is 54.7 Å². The summed E-state index contributed by atoms with van der Waals surface area (Å²) in [6.07, 6.45) is 2.85. The van der Waals surface area contributed by atoms with Crippen LogP contribution in [-0.4, -0.2) is 21.9 Å². The molecule has 25 heavy (non-hydrogen) atoms. The number of aryl methyl sites for hydroxylation is 2. The van der Waals surface area contributed by atoms with Crippen LogP contribution in [-0.2, 0) is 6.54 Å². The number of hydrogen-bond donors (Lipinski definition) is 1. The summed E-state index contributed by atoms with van der Waals surface area (Å²) in [6.45, 7) is 2.99. The van der Waals surface area contributed by atoms with Gasteiger partial charge in [0.2, 0.25) is 0 Å². The number of nitrogens with one attached hydrogen (secondary N) is 1. The minimum absolute atomic E-state index is 0.0241. The van der Waals surface area contributed by atoms with Gasteiger partial charge >= 0.3 is 0 Å². The Morgan fingerprint density at radius 1 is 1.20 bits per heavy atom. The molecule has 0 unspecified atom stereocenters. The van der Waals surface area contributed by atoms with Crippen molar-refractivity contribution in [3.63, 3.8) is 0 Å². The third-order valence-corrected chi connectivity index (χ3v) is 4.20. The molecular weight excluding hydrogens is 318 g/mol. The summed E-state index contributed by atoms with van der Waals surface area (Å²) in [7, 11) is 0. The standard InChI is InChI=1S/C19H19N3O3/c1-14-13-16(7-8-17(14)22(24)25)19(23)20-10-4-11-21-12-9-15-5-2-3-6-18(15)21/h2-3,5-9,12-13H,4,10-11H2,1H3,(H,20,23). The van der Waals surface area contributed by atoms with E-state index in [1.165, 1.54) is 23.0 Å². The highest BCUT2D eigenvalue weighted by atomic mass is 16.6. The van der Waals surface area contributed by atoms with Crippen LogP contribution in [0.25, 0.3) is 10.9 Å². The monoisotopic (exact) mass is 337 g/mol. The lowest BCUT2D eigenvalue weighted by molar-refractivity contribution is -0.385. The van der Waals surface area contributed by atoms with Gasteiger partial charge in [0.15, 0.2) is 0 Å². The maximum absolute atomic E-state index is 12.2. The SMILES string of the molecule is Cc1cc(C(=O)NCCCn2ccc3ccccc32)ccc1[N+](=O)[O-]. The smallest absolute Gasteiger partial charge is 0.272 e. The highest BCUT2D eigenvalue weighted by Gasteiger charge is 2.13. The molecule has 0 aliphatic rings. The van der Waals surface area contributed by atoms with Crippen molar-refractivity contribution in [1.29, 1.82) is 0 Å². The fraction of sp³-hybridized carbons (Fsp3) is 0.211. The van der Waals surface area contributed by atoms with E-state index in [0.717, 1.165) is 13.0 Å². The van der Waals surface area contributed by atoms with Crippen LogP contribution in [0.3, 0.4) is 0 Å². The van der Waals surface area contributed by atoms with E-state index in [4.69, 9.17) is 0 Å². The van der Waals surface area contributed by atoms with Gasteiger partial charge in [-0.15, -0.1) is 0 Å². The Morgan fingerprint density at radius 3 is 2.76 bits per heavy atom. The Morgan fingerprint density at radius 2 is 2.00 bits per heavy atom. The fourth-order valence-corrected chi connectivity index (χ4v) is 2.89. The summed E-state index contributed by atoms with van der Waals surface area (Å²) in [6, 6.07) is 14.7. The van der Waals surface area contributed by atoms with Crippen LogP contribution in [0, 0.1) is 17.0 Å². The molecule has 6 heteroatoms. The first-order valence-corrected chi connectivity index (χ1v) is 8.13. The molecule has 0 bridgehead atoms. The van der Waals surface area contributed by atoms with Gasteiger partial charge in [-0.3, -0.25) is 14.9 Å². The highest BCUT2D eigenvalue weighted by molar-refractivity contribution is 5.94. The lowest BCUT2D eigenvalue weighted by atomic mass is 10.1. The van der Waals surface area contributed by atoms with Crippen LogP contribution < -0.4 is 5.32 Å². The molecule has 128 valence electrons. The van der Waals surface area contributed by atoms with Gasteiger partial charge in [-0.25, -0.2) is 0 Å². The second-order valence-corrected chi connectivity index (χ2v) is 5.94. The zero-order chi connectivity index (χ0) is 17.8. The number of para-hydroxylation sites is 1. The van der Waals surface area contributed by atoms with Gasteiger partial charge in [0.05, 0.1) is 4.92 Å². The number of benzene rings is 2. The third kappa shape index (κ3) is 3.68. The summed E-state index contributed by atoms with van der Waals surface area (Å²) >= 11 is 0. The average Bonchev–Trinajstić information content (AvgIpc) is 3.01. The predicted molar refractivity (Wildman–Crippen MR) is 96.7 cm³/mol. The van der Waals surface area contributed by atoms with Crippen LogP contribution >= 0.6 is 0 Å². The average molecular weight is 337 g/mol. The van der Waals surface area contributed by atoms with Crippen molar-refractivity contribution in [3.05, 3.63) is 76.0 Å². The van der Waals surface area contributed by atoms with Crippen LogP contribution in [0.1, 0.15) is 22.3 Å². The van der Waals surface area contributed by atoms with E-state index < -0.39 is 4.92 Å². The molecule has 0 saturated heterocycles. The van der Waals surface area contributed by atoms with Crippen molar-refractivity contribution in [2.45, 2.75) is 19.9 Å². The molecule has 0 saturated carbocycles. The van der Waals surface area contributed by atoms with Gasteiger partial charge < -0.3 is 9.88 Å². The predicted octanol–water partition coefficient (Wildman–Crippen LogP) is 3.68. The number of nitrogens with zero attached hydrogens (tertiary/aromatic N) is 2. The summed E-state index contributed by atoms with van der Waals surface area (Å²) in [5, 5.41) is 14.9. The lowest BCUT2D eigenvalue weighted by Gasteiger charge is -2.08. The molecule has 1 N–H and O–H groups in total. The molecule has 3 rings (SSSR count). The lowest BCUT2D eigenvalue weighted by Crippen LogP contribution is -2.25. The van der Waals surface area contributed by atoms with Crippen molar-refractivity contribution < 1.29 is 9.72 Å². The van der Waals surface area contributed by atoms with E-state index >= 15 is 0 Å². The van der Waals surface area contributed by atoms with Gasteiger partial charge in [-0.1, -0.05) is 18.2 Å². The molecule has 0 aliphatic heterocycles. The number of aromatic nitrogens is 1. The minimum Gasteiger partial charge on any atom is -0.352 e. The number of hydrogen-bond acceptors (Lipinski definition) is 3. The maximum atomic E-state index is 12.2. The quantitative estimate of drug-likeness (QED) is 0.423. The zero-order valence-corrected chi connectivity index (χ0v) is 13.9. The summed E-state index contributed by atoms with van der Waals surface area (Å²) in [5.74, 6) is -0.213. The Balaban J connectivity index is 1.54. The molecule has 1 aromatic heterocycles. The molecule has 0 radical (unpaired) electrons. The minimum atomic E-state index is -0.446. The van der Waals surface area contributed by atoms with Gasteiger partial charge in [-0.2, -0.15) is 0 Å². The molecule has 0 atom stereocenters. The summed E-state index contributed by atoms with van der Waals surface area (Å²) < 4.78 is 2.16. The zero-order valence-electron chi connectivity index (χ0n) is 13.9. The van der Waals surface area contributed by atoms with Crippen LogP contribution in [0.5, 0.6) is 0 Å². The van der Waals surface area contributed by atoms with E-state index in [9.17, 15) is 14.9 Å². The number of carbonyl (C=O) groups excluding carboxylic acids is 1. The first kappa shape index (κ1) is 16.7. The molecule has 0 spiro atoms. The second kappa shape index (κ2) is 7.17. The molecular formula is C19H19N3O3. The van der Waals surface area contributed by atoms with E-state index in [1.807, 2.05) is 18.3 Å². The number of nitro groups is 1. The molecule has 0 fully saturated rings. The Labute approximate surface area is 145 Å². The largest absolute Gasteiger partial charge is 0.352 e. The van der Waals surface area contributed by atoms with Crippen molar-refractivity contribution in [3.8, 4) is 0 Å². The Kier molecular flexibility index (Phi) is 4.79. The van der Waals surface area contributed by atoms with E-state index in [-0.39, 0.29) is 11.6 Å². The van der Waals surface area contributed by atoms with Crippen LogP contribution in [0.4, 0.5) is 5.69 Å². The highest BCUT2D eigenvalue weighted by Crippen LogP contribution is 2.19. The number of carbonyl (C=O) groups is 1. The Bertz CT molecular complexity index is 931. The fourth-order valence-electron chi connectivity index (χ4n) is 2.89. The molecule has 1 heterocycles. The second-order valence-electron chi connectivity index (χ2n) is 5.94.